The Kier molecular flexibility index (Phi) is 2.57. The topological polar surface area (TPSA) is 49.9 Å². The van der Waals surface area contributed by atoms with Crippen molar-refractivity contribution in [2.45, 2.75) is 13.0 Å². The van der Waals surface area contributed by atoms with Crippen molar-refractivity contribution in [2.75, 3.05) is 13.7 Å². The van der Waals surface area contributed by atoms with Gasteiger partial charge in [-0.05, 0) is 24.3 Å². The van der Waals surface area contributed by atoms with Crippen LogP contribution in [0.1, 0.15) is 11.4 Å². The molecule has 4 heteroatoms. The highest BCUT2D eigenvalue weighted by atomic mass is 16.5. The van der Waals surface area contributed by atoms with Gasteiger partial charge in [-0.2, -0.15) is 0 Å². The predicted molar refractivity (Wildman–Crippen MR) is 66.0 cm³/mol. The second-order valence-corrected chi connectivity index (χ2v) is 4.17. The van der Waals surface area contributed by atoms with Crippen molar-refractivity contribution < 1.29 is 4.74 Å². The van der Waals surface area contributed by atoms with Gasteiger partial charge in [0, 0.05) is 25.1 Å². The van der Waals surface area contributed by atoms with Crippen molar-refractivity contribution in [3.63, 3.8) is 0 Å². The van der Waals surface area contributed by atoms with Crippen LogP contribution in [0.4, 0.5) is 0 Å². The van der Waals surface area contributed by atoms with Crippen molar-refractivity contribution >= 4 is 0 Å². The molecular formula is C13H15N3O. The number of aromatic nitrogens is 2. The van der Waals surface area contributed by atoms with E-state index in [-0.39, 0.29) is 0 Å². The summed E-state index contributed by atoms with van der Waals surface area (Å²) in [5, 5.41) is 3.33. The van der Waals surface area contributed by atoms with Crippen LogP contribution in [0.25, 0.3) is 11.4 Å². The highest BCUT2D eigenvalue weighted by Gasteiger charge is 2.14. The largest absolute Gasteiger partial charge is 0.497 e. The van der Waals surface area contributed by atoms with Gasteiger partial charge in [0.1, 0.15) is 11.6 Å². The fourth-order valence-electron chi connectivity index (χ4n) is 2.10. The van der Waals surface area contributed by atoms with E-state index < -0.39 is 0 Å². The molecule has 0 aliphatic carbocycles. The van der Waals surface area contributed by atoms with Crippen LogP contribution in [-0.2, 0) is 13.0 Å². The van der Waals surface area contributed by atoms with Crippen LogP contribution in [0.15, 0.2) is 24.3 Å². The maximum atomic E-state index is 5.15. The van der Waals surface area contributed by atoms with E-state index in [1.165, 1.54) is 11.4 Å². The molecule has 0 amide bonds. The van der Waals surface area contributed by atoms with Crippen LogP contribution < -0.4 is 10.1 Å². The summed E-state index contributed by atoms with van der Waals surface area (Å²) >= 11 is 0. The van der Waals surface area contributed by atoms with Crippen LogP contribution in [0.5, 0.6) is 5.75 Å². The predicted octanol–water partition coefficient (Wildman–Crippen LogP) is 1.73. The minimum Gasteiger partial charge on any atom is -0.497 e. The SMILES string of the molecule is COc1ccc(-c2nc3c([nH]2)CNCC3)cc1. The molecule has 1 aromatic heterocycles. The number of fused-ring (bicyclic) bond motifs is 1. The molecule has 0 bridgehead atoms. The van der Waals surface area contributed by atoms with Gasteiger partial charge in [0.2, 0.25) is 0 Å². The summed E-state index contributed by atoms with van der Waals surface area (Å²) in [5.41, 5.74) is 3.50. The fourth-order valence-corrected chi connectivity index (χ4v) is 2.10. The first-order chi connectivity index (χ1) is 8.36. The molecule has 0 saturated carbocycles. The number of aromatic amines is 1. The Balaban J connectivity index is 1.94. The van der Waals surface area contributed by atoms with Gasteiger partial charge in [-0.3, -0.25) is 0 Å². The van der Waals surface area contributed by atoms with Gasteiger partial charge < -0.3 is 15.0 Å². The van der Waals surface area contributed by atoms with Crippen LogP contribution in [0, 0.1) is 0 Å². The number of methoxy groups -OCH3 is 1. The normalized spacial score (nSPS) is 14.4. The highest BCUT2D eigenvalue weighted by molar-refractivity contribution is 5.57. The monoisotopic (exact) mass is 229 g/mol. The number of rotatable bonds is 2. The Morgan fingerprint density at radius 3 is 2.76 bits per heavy atom. The summed E-state index contributed by atoms with van der Waals surface area (Å²) in [6.45, 7) is 1.90. The van der Waals surface area contributed by atoms with E-state index in [1.54, 1.807) is 7.11 Å². The van der Waals surface area contributed by atoms with Gasteiger partial charge in [-0.1, -0.05) is 0 Å². The average molecular weight is 229 g/mol. The number of nitrogens with one attached hydrogen (secondary N) is 2. The van der Waals surface area contributed by atoms with Crippen LogP contribution >= 0.6 is 0 Å². The third kappa shape index (κ3) is 1.91. The Labute approximate surface area is 100 Å². The first-order valence-electron chi connectivity index (χ1n) is 5.80. The van der Waals surface area contributed by atoms with Gasteiger partial charge in [-0.15, -0.1) is 0 Å². The molecular weight excluding hydrogens is 214 g/mol. The van der Waals surface area contributed by atoms with E-state index >= 15 is 0 Å². The Bertz CT molecular complexity index is 492. The van der Waals surface area contributed by atoms with E-state index in [9.17, 15) is 0 Å². The summed E-state index contributed by atoms with van der Waals surface area (Å²) in [6.07, 6.45) is 1.00. The molecule has 17 heavy (non-hydrogen) atoms. The first-order valence-corrected chi connectivity index (χ1v) is 5.80. The number of imidazole rings is 1. The van der Waals surface area contributed by atoms with Crippen LogP contribution in [0.2, 0.25) is 0 Å². The molecule has 2 heterocycles. The average Bonchev–Trinajstić information content (AvgIpc) is 2.82. The van der Waals surface area contributed by atoms with E-state index in [0.29, 0.717) is 0 Å². The zero-order valence-electron chi connectivity index (χ0n) is 9.79. The molecule has 2 N–H and O–H groups in total. The lowest BCUT2D eigenvalue weighted by Gasteiger charge is -2.09. The van der Waals surface area contributed by atoms with E-state index in [0.717, 1.165) is 36.6 Å². The molecule has 0 atom stereocenters. The summed E-state index contributed by atoms with van der Waals surface area (Å²) in [6, 6.07) is 7.96. The summed E-state index contributed by atoms with van der Waals surface area (Å²) in [4.78, 5) is 8.01. The number of hydrogen-bond donors (Lipinski definition) is 2. The molecule has 0 unspecified atom stereocenters. The lowest BCUT2D eigenvalue weighted by molar-refractivity contribution is 0.415. The third-order valence-electron chi connectivity index (χ3n) is 3.07. The van der Waals surface area contributed by atoms with Gasteiger partial charge in [0.25, 0.3) is 0 Å². The Hall–Kier alpha value is -1.81. The van der Waals surface area contributed by atoms with Crippen LogP contribution in [-0.4, -0.2) is 23.6 Å². The fraction of sp³-hybridized carbons (Fsp3) is 0.308. The molecule has 0 radical (unpaired) electrons. The van der Waals surface area contributed by atoms with Crippen molar-refractivity contribution in [3.05, 3.63) is 35.7 Å². The number of nitrogens with zero attached hydrogens (tertiary/aromatic N) is 1. The highest BCUT2D eigenvalue weighted by Crippen LogP contribution is 2.22. The van der Waals surface area contributed by atoms with E-state index in [4.69, 9.17) is 4.74 Å². The van der Waals surface area contributed by atoms with E-state index in [2.05, 4.69) is 15.3 Å². The molecule has 0 spiro atoms. The number of ether oxygens (including phenoxy) is 1. The second kappa shape index (κ2) is 4.22. The summed E-state index contributed by atoms with van der Waals surface area (Å²) in [5.74, 6) is 1.81. The summed E-state index contributed by atoms with van der Waals surface area (Å²) < 4.78 is 5.15. The van der Waals surface area contributed by atoms with Crippen molar-refractivity contribution in [1.29, 1.82) is 0 Å². The number of benzene rings is 1. The molecule has 1 aliphatic heterocycles. The molecule has 88 valence electrons. The number of H-pyrrole nitrogens is 1. The lowest BCUT2D eigenvalue weighted by atomic mass is 10.2. The molecule has 0 fully saturated rings. The minimum absolute atomic E-state index is 0.867. The maximum Gasteiger partial charge on any atom is 0.137 e. The van der Waals surface area contributed by atoms with E-state index in [1.807, 2.05) is 24.3 Å². The van der Waals surface area contributed by atoms with Gasteiger partial charge in [-0.25, -0.2) is 4.98 Å². The Morgan fingerprint density at radius 1 is 1.24 bits per heavy atom. The third-order valence-corrected chi connectivity index (χ3v) is 3.07. The molecule has 2 aromatic rings. The minimum atomic E-state index is 0.867. The van der Waals surface area contributed by atoms with Crippen LogP contribution in [0.3, 0.4) is 0 Å². The molecule has 1 aliphatic rings. The quantitative estimate of drug-likeness (QED) is 0.824. The van der Waals surface area contributed by atoms with Crippen molar-refractivity contribution in [2.24, 2.45) is 0 Å². The van der Waals surface area contributed by atoms with Gasteiger partial charge in [0.05, 0.1) is 18.5 Å². The standard InChI is InChI=1S/C13H15N3O/c1-17-10-4-2-9(3-5-10)13-15-11-6-7-14-8-12(11)16-13/h2-5,14H,6-8H2,1H3,(H,15,16). The smallest absolute Gasteiger partial charge is 0.137 e. The first kappa shape index (κ1) is 10.4. The maximum absolute atomic E-state index is 5.15. The zero-order chi connectivity index (χ0) is 11.7. The molecule has 3 rings (SSSR count). The molecule has 1 aromatic carbocycles. The van der Waals surface area contributed by atoms with Crippen molar-refractivity contribution in [1.82, 2.24) is 15.3 Å². The lowest BCUT2D eigenvalue weighted by Crippen LogP contribution is -2.23. The molecule has 0 saturated heterocycles. The van der Waals surface area contributed by atoms with Gasteiger partial charge in [0.15, 0.2) is 0 Å². The van der Waals surface area contributed by atoms with Crippen molar-refractivity contribution in [3.8, 4) is 17.1 Å². The molecule has 4 nitrogen and oxygen atoms in total. The second-order valence-electron chi connectivity index (χ2n) is 4.17. The zero-order valence-corrected chi connectivity index (χ0v) is 9.79. The summed E-state index contributed by atoms with van der Waals surface area (Å²) in [7, 11) is 1.67. The number of hydrogen-bond acceptors (Lipinski definition) is 3. The van der Waals surface area contributed by atoms with Gasteiger partial charge >= 0.3 is 0 Å². The Morgan fingerprint density at radius 2 is 2.06 bits per heavy atom.